The Morgan fingerprint density at radius 2 is 2.00 bits per heavy atom. The number of ether oxygens (including phenoxy) is 1. The van der Waals surface area contributed by atoms with Crippen LogP contribution in [0.5, 0.6) is 0 Å². The van der Waals surface area contributed by atoms with Crippen molar-refractivity contribution in [1.82, 2.24) is 4.90 Å². The number of hydrogen-bond donors (Lipinski definition) is 1. The van der Waals surface area contributed by atoms with Gasteiger partial charge in [0.15, 0.2) is 0 Å². The lowest BCUT2D eigenvalue weighted by molar-refractivity contribution is -0.0501. The molecule has 2 heterocycles. The number of rotatable bonds is 1. The Balaban J connectivity index is 1.51. The van der Waals surface area contributed by atoms with Gasteiger partial charge >= 0.3 is 6.09 Å². The van der Waals surface area contributed by atoms with Gasteiger partial charge in [-0.1, -0.05) is 38.0 Å². The van der Waals surface area contributed by atoms with Crippen LogP contribution < -0.4 is 5.32 Å². The van der Waals surface area contributed by atoms with Gasteiger partial charge in [-0.2, -0.15) is 0 Å². The van der Waals surface area contributed by atoms with E-state index in [1.807, 2.05) is 18.2 Å². The highest BCUT2D eigenvalue weighted by Crippen LogP contribution is 2.44. The van der Waals surface area contributed by atoms with E-state index in [1.54, 1.807) is 0 Å². The van der Waals surface area contributed by atoms with Crippen molar-refractivity contribution in [3.05, 3.63) is 29.8 Å². The molecule has 2 atom stereocenters. The molecule has 0 radical (unpaired) electrons. The minimum atomic E-state index is -0.421. The molecule has 4 heteroatoms. The number of nitrogens with one attached hydrogen (secondary N) is 1. The van der Waals surface area contributed by atoms with Crippen molar-refractivity contribution in [3.8, 4) is 0 Å². The zero-order valence-electron chi connectivity index (χ0n) is 13.9. The number of carbonyl (C=O) groups excluding carboxylic acids is 1. The van der Waals surface area contributed by atoms with E-state index < -0.39 is 5.60 Å². The molecule has 1 aliphatic carbocycles. The Morgan fingerprint density at radius 1 is 1.22 bits per heavy atom. The molecule has 4 rings (SSSR count). The number of piperidine rings is 1. The fourth-order valence-electron chi connectivity index (χ4n) is 4.71. The number of benzene rings is 1. The largest absolute Gasteiger partial charge is 0.438 e. The van der Waals surface area contributed by atoms with Crippen molar-refractivity contribution in [3.63, 3.8) is 0 Å². The molecule has 124 valence electrons. The third-order valence-electron chi connectivity index (χ3n) is 5.97. The Kier molecular flexibility index (Phi) is 3.80. The lowest BCUT2D eigenvalue weighted by Crippen LogP contribution is -2.51. The summed E-state index contributed by atoms with van der Waals surface area (Å²) in [7, 11) is 0. The second-order valence-corrected chi connectivity index (χ2v) is 7.52. The second kappa shape index (κ2) is 5.82. The number of anilines is 1. The van der Waals surface area contributed by atoms with E-state index in [0.717, 1.165) is 49.1 Å². The van der Waals surface area contributed by atoms with E-state index in [2.05, 4.69) is 23.2 Å². The van der Waals surface area contributed by atoms with Crippen molar-refractivity contribution in [2.24, 2.45) is 5.92 Å². The summed E-state index contributed by atoms with van der Waals surface area (Å²) in [4.78, 5) is 14.6. The molecule has 1 amide bonds. The first-order valence-corrected chi connectivity index (χ1v) is 9.00. The molecule has 3 aliphatic rings. The number of amides is 1. The fourth-order valence-corrected chi connectivity index (χ4v) is 4.71. The SMILES string of the molecule is C[C@@H]1CCCC(N2CCC3(CC2)OC(=O)Nc2ccccc23)C1. The van der Waals surface area contributed by atoms with E-state index in [4.69, 9.17) is 4.74 Å². The van der Waals surface area contributed by atoms with Crippen LogP contribution in [0.25, 0.3) is 0 Å². The number of likely N-dealkylation sites (tertiary alicyclic amines) is 1. The van der Waals surface area contributed by atoms with E-state index in [9.17, 15) is 4.79 Å². The first-order chi connectivity index (χ1) is 11.2. The van der Waals surface area contributed by atoms with Gasteiger partial charge < -0.3 is 9.64 Å². The molecule has 0 aromatic heterocycles. The van der Waals surface area contributed by atoms with Crippen LogP contribution in [-0.4, -0.2) is 30.1 Å². The highest BCUT2D eigenvalue weighted by Gasteiger charge is 2.45. The third-order valence-corrected chi connectivity index (χ3v) is 5.97. The molecular formula is C19H26N2O2. The monoisotopic (exact) mass is 314 g/mol. The number of nitrogens with zero attached hydrogens (tertiary/aromatic N) is 1. The van der Waals surface area contributed by atoms with Crippen molar-refractivity contribution in [2.45, 2.75) is 57.1 Å². The topological polar surface area (TPSA) is 41.6 Å². The summed E-state index contributed by atoms with van der Waals surface area (Å²) in [6.07, 6.45) is 6.90. The molecule has 23 heavy (non-hydrogen) atoms. The van der Waals surface area contributed by atoms with E-state index >= 15 is 0 Å². The minimum Gasteiger partial charge on any atom is -0.438 e. The zero-order chi connectivity index (χ0) is 15.9. The lowest BCUT2D eigenvalue weighted by atomic mass is 9.80. The van der Waals surface area contributed by atoms with Gasteiger partial charge in [-0.25, -0.2) is 4.79 Å². The Bertz CT molecular complexity index is 593. The maximum atomic E-state index is 12.0. The van der Waals surface area contributed by atoms with E-state index in [0.29, 0.717) is 0 Å². The molecule has 4 nitrogen and oxygen atoms in total. The normalized spacial score (nSPS) is 30.4. The van der Waals surface area contributed by atoms with Crippen LogP contribution in [0.15, 0.2) is 24.3 Å². The molecule has 0 bridgehead atoms. The molecule has 1 unspecified atom stereocenters. The average Bonchev–Trinajstić information content (AvgIpc) is 2.55. The van der Waals surface area contributed by atoms with Gasteiger partial charge in [-0.15, -0.1) is 0 Å². The summed E-state index contributed by atoms with van der Waals surface area (Å²) in [5.74, 6) is 0.849. The quantitative estimate of drug-likeness (QED) is 0.848. The van der Waals surface area contributed by atoms with Crippen LogP contribution in [0.1, 0.15) is 51.0 Å². The summed E-state index contributed by atoms with van der Waals surface area (Å²) in [5, 5.41) is 2.84. The van der Waals surface area contributed by atoms with Crippen LogP contribution in [0.4, 0.5) is 10.5 Å². The van der Waals surface area contributed by atoms with Gasteiger partial charge in [0.2, 0.25) is 0 Å². The Hall–Kier alpha value is -1.55. The predicted octanol–water partition coefficient (Wildman–Crippen LogP) is 4.12. The van der Waals surface area contributed by atoms with Crippen molar-refractivity contribution in [1.29, 1.82) is 0 Å². The first-order valence-electron chi connectivity index (χ1n) is 9.00. The smallest absolute Gasteiger partial charge is 0.412 e. The second-order valence-electron chi connectivity index (χ2n) is 7.52. The number of para-hydroxylation sites is 1. The standard InChI is InChI=1S/C19H26N2O2/c1-14-5-4-6-15(13-14)21-11-9-19(10-12-21)16-7-2-3-8-17(16)20-18(22)23-19/h2-3,7-8,14-15H,4-6,9-13H2,1H3,(H,20,22)/t14-,15?/m1/s1. The van der Waals surface area contributed by atoms with E-state index in [-0.39, 0.29) is 6.09 Å². The molecule has 2 fully saturated rings. The Morgan fingerprint density at radius 3 is 2.78 bits per heavy atom. The maximum absolute atomic E-state index is 12.0. The summed E-state index contributed by atoms with van der Waals surface area (Å²) < 4.78 is 5.82. The maximum Gasteiger partial charge on any atom is 0.412 e. The van der Waals surface area contributed by atoms with Crippen molar-refractivity contribution < 1.29 is 9.53 Å². The molecule has 1 aromatic rings. The van der Waals surface area contributed by atoms with Gasteiger partial charge in [0.05, 0.1) is 5.69 Å². The summed E-state index contributed by atoms with van der Waals surface area (Å²) >= 11 is 0. The Labute approximate surface area is 138 Å². The fraction of sp³-hybridized carbons (Fsp3) is 0.632. The lowest BCUT2D eigenvalue weighted by Gasteiger charge is -2.47. The average molecular weight is 314 g/mol. The number of carbonyl (C=O) groups is 1. The molecule has 1 spiro atoms. The highest BCUT2D eigenvalue weighted by molar-refractivity contribution is 5.88. The van der Waals surface area contributed by atoms with Crippen LogP contribution in [0.3, 0.4) is 0 Å². The van der Waals surface area contributed by atoms with Crippen LogP contribution in [0.2, 0.25) is 0 Å². The molecule has 1 aromatic carbocycles. The molecule has 1 saturated carbocycles. The highest BCUT2D eigenvalue weighted by atomic mass is 16.6. The third kappa shape index (κ3) is 2.74. The van der Waals surface area contributed by atoms with Gasteiger partial charge in [0.1, 0.15) is 5.60 Å². The van der Waals surface area contributed by atoms with Gasteiger partial charge in [-0.05, 0) is 24.8 Å². The summed E-state index contributed by atoms with van der Waals surface area (Å²) in [6.45, 7) is 4.43. The van der Waals surface area contributed by atoms with E-state index in [1.165, 1.54) is 25.7 Å². The number of fused-ring (bicyclic) bond motifs is 2. The zero-order valence-corrected chi connectivity index (χ0v) is 13.9. The van der Waals surface area contributed by atoms with Gasteiger partial charge in [0, 0.05) is 37.5 Å². The van der Waals surface area contributed by atoms with Crippen molar-refractivity contribution in [2.75, 3.05) is 18.4 Å². The number of hydrogen-bond acceptors (Lipinski definition) is 3. The molecule has 1 N–H and O–H groups in total. The molecule has 2 aliphatic heterocycles. The summed E-state index contributed by atoms with van der Waals surface area (Å²) in [6, 6.07) is 8.82. The van der Waals surface area contributed by atoms with Gasteiger partial charge in [0.25, 0.3) is 0 Å². The van der Waals surface area contributed by atoms with Crippen molar-refractivity contribution >= 4 is 11.8 Å². The minimum absolute atomic E-state index is 0.302. The van der Waals surface area contributed by atoms with Crippen LogP contribution >= 0.6 is 0 Å². The molecule has 1 saturated heterocycles. The van der Waals surface area contributed by atoms with Gasteiger partial charge in [-0.3, -0.25) is 5.32 Å². The predicted molar refractivity (Wildman–Crippen MR) is 90.5 cm³/mol. The molecular weight excluding hydrogens is 288 g/mol. The van der Waals surface area contributed by atoms with Crippen LogP contribution in [-0.2, 0) is 10.3 Å². The summed E-state index contributed by atoms with van der Waals surface area (Å²) in [5.41, 5.74) is 1.65. The first kappa shape index (κ1) is 15.0. The van der Waals surface area contributed by atoms with Crippen LogP contribution in [0, 0.1) is 5.92 Å².